The zero-order valence-corrected chi connectivity index (χ0v) is 12.7. The molecule has 1 fully saturated rings. The van der Waals surface area contributed by atoms with E-state index >= 15 is 0 Å². The number of hydrogen-bond donors (Lipinski definition) is 1. The number of nitrogens with zero attached hydrogens (tertiary/aromatic N) is 1. The monoisotopic (exact) mass is 266 g/mol. The second-order valence-electron chi connectivity index (χ2n) is 5.90. The van der Waals surface area contributed by atoms with E-state index < -0.39 is 0 Å². The molecule has 2 aromatic rings. The van der Waals surface area contributed by atoms with E-state index in [-0.39, 0.29) is 0 Å². The Labute approximate surface area is 121 Å². The van der Waals surface area contributed by atoms with Crippen LogP contribution in [0.3, 0.4) is 0 Å². The molecule has 0 spiro atoms. The van der Waals surface area contributed by atoms with Gasteiger partial charge in [0.15, 0.2) is 0 Å². The smallest absolute Gasteiger partial charge is 0.0404 e. The van der Waals surface area contributed by atoms with Gasteiger partial charge >= 0.3 is 0 Å². The van der Waals surface area contributed by atoms with E-state index in [2.05, 4.69) is 56.2 Å². The molecule has 0 amide bonds. The van der Waals surface area contributed by atoms with Crippen LogP contribution in [0.1, 0.15) is 35.2 Å². The number of benzene rings is 1. The van der Waals surface area contributed by atoms with Crippen molar-refractivity contribution in [2.75, 3.05) is 5.32 Å². The maximum atomic E-state index is 4.54. The van der Waals surface area contributed by atoms with Gasteiger partial charge in [-0.25, -0.2) is 0 Å². The first-order chi connectivity index (χ1) is 9.58. The Morgan fingerprint density at radius 1 is 0.950 bits per heavy atom. The number of nitrogens with one attached hydrogen (secondary N) is 1. The van der Waals surface area contributed by atoms with E-state index in [9.17, 15) is 0 Å². The lowest BCUT2D eigenvalue weighted by Crippen LogP contribution is -2.04. The minimum atomic E-state index is 0.683. The van der Waals surface area contributed by atoms with Gasteiger partial charge < -0.3 is 5.32 Å². The van der Waals surface area contributed by atoms with Gasteiger partial charge in [-0.2, -0.15) is 0 Å². The van der Waals surface area contributed by atoms with E-state index in [1.54, 1.807) is 0 Å². The van der Waals surface area contributed by atoms with E-state index in [4.69, 9.17) is 0 Å². The summed E-state index contributed by atoms with van der Waals surface area (Å²) in [6.07, 6.45) is 4.61. The molecule has 20 heavy (non-hydrogen) atoms. The van der Waals surface area contributed by atoms with Gasteiger partial charge in [-0.15, -0.1) is 0 Å². The topological polar surface area (TPSA) is 24.9 Å². The first kappa shape index (κ1) is 13.2. The third kappa shape index (κ3) is 2.31. The summed E-state index contributed by atoms with van der Waals surface area (Å²) < 4.78 is 0. The van der Waals surface area contributed by atoms with Gasteiger partial charge in [0.1, 0.15) is 0 Å². The van der Waals surface area contributed by atoms with Gasteiger partial charge in [0.05, 0.1) is 0 Å². The van der Waals surface area contributed by atoms with E-state index in [1.807, 2.05) is 6.20 Å². The van der Waals surface area contributed by atoms with Crippen LogP contribution in [-0.2, 0) is 0 Å². The molecule has 2 heteroatoms. The Kier molecular flexibility index (Phi) is 3.25. The summed E-state index contributed by atoms with van der Waals surface area (Å²) in [7, 11) is 0. The van der Waals surface area contributed by atoms with E-state index in [0.29, 0.717) is 6.04 Å². The van der Waals surface area contributed by atoms with E-state index in [0.717, 1.165) is 5.69 Å². The highest BCUT2D eigenvalue weighted by Gasteiger charge is 2.22. The summed E-state index contributed by atoms with van der Waals surface area (Å²) in [6, 6.07) is 7.21. The lowest BCUT2D eigenvalue weighted by atomic mass is 9.94. The molecule has 1 aliphatic rings. The Morgan fingerprint density at radius 2 is 1.70 bits per heavy atom. The Balaban J connectivity index is 2.07. The quantitative estimate of drug-likeness (QED) is 0.881. The zero-order chi connectivity index (χ0) is 14.3. The molecule has 1 N–H and O–H groups in total. The van der Waals surface area contributed by atoms with Crippen LogP contribution in [0.15, 0.2) is 24.4 Å². The number of hydrogen-bond acceptors (Lipinski definition) is 2. The molecule has 1 saturated carbocycles. The summed E-state index contributed by atoms with van der Waals surface area (Å²) in [5, 5.41) is 3.62. The molecule has 3 rings (SSSR count). The van der Waals surface area contributed by atoms with Crippen molar-refractivity contribution >= 4 is 5.69 Å². The van der Waals surface area contributed by atoms with E-state index in [1.165, 1.54) is 46.3 Å². The first-order valence-electron chi connectivity index (χ1n) is 7.37. The fourth-order valence-electron chi connectivity index (χ4n) is 2.63. The molecule has 1 aliphatic carbocycles. The Bertz CT molecular complexity index is 655. The number of aromatic nitrogens is 1. The van der Waals surface area contributed by atoms with Crippen LogP contribution in [0.25, 0.3) is 11.1 Å². The third-order valence-corrected chi connectivity index (χ3v) is 4.46. The van der Waals surface area contributed by atoms with Gasteiger partial charge in [-0.1, -0.05) is 12.1 Å². The predicted molar refractivity (Wildman–Crippen MR) is 85.3 cm³/mol. The summed E-state index contributed by atoms with van der Waals surface area (Å²) in [5.74, 6) is 0. The maximum absolute atomic E-state index is 4.54. The molecular weight excluding hydrogens is 244 g/mol. The average molecular weight is 266 g/mol. The van der Waals surface area contributed by atoms with Gasteiger partial charge in [0.2, 0.25) is 0 Å². The fourth-order valence-corrected chi connectivity index (χ4v) is 2.63. The van der Waals surface area contributed by atoms with Crippen molar-refractivity contribution < 1.29 is 0 Å². The van der Waals surface area contributed by atoms with Crippen LogP contribution in [0.5, 0.6) is 0 Å². The van der Waals surface area contributed by atoms with Crippen LogP contribution in [-0.4, -0.2) is 11.0 Å². The third-order valence-electron chi connectivity index (χ3n) is 4.46. The van der Waals surface area contributed by atoms with Gasteiger partial charge in [0.25, 0.3) is 0 Å². The summed E-state index contributed by atoms with van der Waals surface area (Å²) in [4.78, 5) is 4.54. The molecule has 0 radical (unpaired) electrons. The van der Waals surface area contributed by atoms with Crippen molar-refractivity contribution in [1.29, 1.82) is 0 Å². The highest BCUT2D eigenvalue weighted by Crippen LogP contribution is 2.34. The molecule has 104 valence electrons. The Hall–Kier alpha value is -1.83. The SMILES string of the molecule is Cc1ncc(-c2cccc(NC3CC3)c2C)c(C)c1C. The highest BCUT2D eigenvalue weighted by atomic mass is 15.0. The number of rotatable bonds is 3. The number of aryl methyl sites for hydroxylation is 1. The highest BCUT2D eigenvalue weighted by molar-refractivity contribution is 5.76. The molecule has 1 aromatic carbocycles. The largest absolute Gasteiger partial charge is 0.382 e. The number of anilines is 1. The van der Waals surface area contributed by atoms with Crippen molar-refractivity contribution in [2.24, 2.45) is 0 Å². The van der Waals surface area contributed by atoms with Crippen LogP contribution < -0.4 is 5.32 Å². The second-order valence-corrected chi connectivity index (χ2v) is 5.90. The van der Waals surface area contributed by atoms with Crippen molar-refractivity contribution in [2.45, 2.75) is 46.6 Å². The second kappa shape index (κ2) is 4.93. The zero-order valence-electron chi connectivity index (χ0n) is 12.7. The molecule has 1 aromatic heterocycles. The molecule has 0 atom stereocenters. The minimum Gasteiger partial charge on any atom is -0.382 e. The van der Waals surface area contributed by atoms with Gasteiger partial charge in [-0.05, 0) is 68.9 Å². The first-order valence-corrected chi connectivity index (χ1v) is 7.37. The molecule has 0 unspecified atom stereocenters. The molecule has 2 nitrogen and oxygen atoms in total. The van der Waals surface area contributed by atoms with Gasteiger partial charge in [0, 0.05) is 29.2 Å². The van der Waals surface area contributed by atoms with Crippen LogP contribution in [0.4, 0.5) is 5.69 Å². The minimum absolute atomic E-state index is 0.683. The lowest BCUT2D eigenvalue weighted by molar-refractivity contribution is 1.12. The predicted octanol–water partition coefficient (Wildman–Crippen LogP) is 4.56. The lowest BCUT2D eigenvalue weighted by Gasteiger charge is -2.16. The number of pyridine rings is 1. The van der Waals surface area contributed by atoms with Crippen LogP contribution in [0, 0.1) is 27.7 Å². The van der Waals surface area contributed by atoms with Crippen LogP contribution >= 0.6 is 0 Å². The van der Waals surface area contributed by atoms with Crippen molar-refractivity contribution in [3.63, 3.8) is 0 Å². The van der Waals surface area contributed by atoms with Crippen molar-refractivity contribution in [3.05, 3.63) is 46.8 Å². The van der Waals surface area contributed by atoms with Crippen molar-refractivity contribution in [3.8, 4) is 11.1 Å². The summed E-state index contributed by atoms with van der Waals surface area (Å²) in [6.45, 7) is 8.63. The fraction of sp³-hybridized carbons (Fsp3) is 0.389. The summed E-state index contributed by atoms with van der Waals surface area (Å²) in [5.41, 5.74) is 8.90. The van der Waals surface area contributed by atoms with Gasteiger partial charge in [-0.3, -0.25) is 4.98 Å². The molecule has 0 saturated heterocycles. The molecule has 1 heterocycles. The summed E-state index contributed by atoms with van der Waals surface area (Å²) >= 11 is 0. The molecule has 0 aliphatic heterocycles. The normalized spacial score (nSPS) is 14.4. The van der Waals surface area contributed by atoms with Crippen LogP contribution in [0.2, 0.25) is 0 Å². The Morgan fingerprint density at radius 3 is 2.40 bits per heavy atom. The average Bonchev–Trinajstić information content (AvgIpc) is 3.24. The van der Waals surface area contributed by atoms with Crippen molar-refractivity contribution in [1.82, 2.24) is 4.98 Å². The maximum Gasteiger partial charge on any atom is 0.0404 e. The standard InChI is InChI=1S/C18H22N2/c1-11-12(2)17(10-19-14(11)4)16-6-5-7-18(13(16)3)20-15-8-9-15/h5-7,10,15,20H,8-9H2,1-4H3. The molecule has 0 bridgehead atoms. The molecular formula is C18H22N2.